The van der Waals surface area contributed by atoms with E-state index in [1.54, 1.807) is 4.72 Å². The number of rotatable bonds is 6. The van der Waals surface area contributed by atoms with E-state index in [0.717, 1.165) is 31.4 Å². The van der Waals surface area contributed by atoms with Gasteiger partial charge < -0.3 is 9.84 Å². The van der Waals surface area contributed by atoms with Gasteiger partial charge in [0.25, 0.3) is 0 Å². The Hall–Kier alpha value is -2.17. The molecule has 0 unspecified atom stereocenters. The van der Waals surface area contributed by atoms with E-state index in [0.29, 0.717) is 6.07 Å². The lowest BCUT2D eigenvalue weighted by atomic mass is 9.93. The molecule has 2 aromatic rings. The first-order chi connectivity index (χ1) is 12.0. The van der Waals surface area contributed by atoms with Crippen LogP contribution in [0, 0.1) is 5.82 Å². The third kappa shape index (κ3) is 3.97. The number of benzene rings is 2. The quantitative estimate of drug-likeness (QED) is 0.740. The number of hydrogen-bond acceptors (Lipinski definition) is 4. The molecule has 0 heterocycles. The maximum Gasteiger partial charge on any atom is 0.422 e. The van der Waals surface area contributed by atoms with Gasteiger partial charge in [-0.3, -0.25) is 0 Å². The molecule has 26 heavy (non-hydrogen) atoms. The summed E-state index contributed by atoms with van der Waals surface area (Å²) >= 11 is 0. The SMILES string of the molecule is COc1ccc(F)cc1S(=O)(=O)NC[C@](O)(c1ccccc1)C(F)(F)F. The number of hydrogen-bond donors (Lipinski definition) is 2. The number of methoxy groups -OCH3 is 1. The molecule has 0 aromatic heterocycles. The van der Waals surface area contributed by atoms with Crippen LogP contribution in [0.4, 0.5) is 17.6 Å². The fraction of sp³-hybridized carbons (Fsp3) is 0.250. The Balaban J connectivity index is 2.39. The van der Waals surface area contributed by atoms with Gasteiger partial charge in [-0.1, -0.05) is 30.3 Å². The number of halogens is 4. The van der Waals surface area contributed by atoms with E-state index >= 15 is 0 Å². The Kier molecular flexibility index (Phi) is 5.59. The lowest BCUT2D eigenvalue weighted by Crippen LogP contribution is -2.51. The first kappa shape index (κ1) is 20.1. The minimum Gasteiger partial charge on any atom is -0.495 e. The van der Waals surface area contributed by atoms with Crippen LogP contribution >= 0.6 is 0 Å². The van der Waals surface area contributed by atoms with Gasteiger partial charge in [-0.15, -0.1) is 0 Å². The topological polar surface area (TPSA) is 75.6 Å². The van der Waals surface area contributed by atoms with Gasteiger partial charge in [-0.05, 0) is 23.8 Å². The molecule has 0 amide bonds. The molecule has 0 saturated carbocycles. The molecule has 0 bridgehead atoms. The minimum absolute atomic E-state index is 0.255. The summed E-state index contributed by atoms with van der Waals surface area (Å²) in [6, 6.07) is 8.60. The zero-order chi connectivity index (χ0) is 19.6. The van der Waals surface area contributed by atoms with Crippen LogP contribution in [0.5, 0.6) is 5.75 Å². The van der Waals surface area contributed by atoms with E-state index in [-0.39, 0.29) is 5.75 Å². The van der Waals surface area contributed by atoms with E-state index in [1.165, 1.54) is 18.2 Å². The molecule has 0 radical (unpaired) electrons. The minimum atomic E-state index is -5.16. The molecule has 1 atom stereocenters. The van der Waals surface area contributed by atoms with Crippen molar-refractivity contribution < 1.29 is 35.8 Å². The first-order valence-corrected chi connectivity index (χ1v) is 8.67. The van der Waals surface area contributed by atoms with Crippen LogP contribution < -0.4 is 9.46 Å². The summed E-state index contributed by atoms with van der Waals surface area (Å²) in [5.74, 6) is -1.17. The molecule has 0 aliphatic rings. The molecule has 0 fully saturated rings. The molecular weight excluding hydrogens is 378 g/mol. The van der Waals surface area contributed by atoms with Crippen molar-refractivity contribution in [1.82, 2.24) is 4.72 Å². The summed E-state index contributed by atoms with van der Waals surface area (Å²) in [5, 5.41) is 10.2. The van der Waals surface area contributed by atoms with Crippen molar-refractivity contribution in [3.8, 4) is 5.75 Å². The highest BCUT2D eigenvalue weighted by Crippen LogP contribution is 2.38. The standard InChI is InChI=1S/C16H15F4NO4S/c1-25-13-8-7-12(17)9-14(13)26(23,24)21-10-15(22,16(18,19)20)11-5-3-2-4-6-11/h2-9,21-22H,10H2,1H3/t15-/m0/s1. The summed E-state index contributed by atoms with van der Waals surface area (Å²) in [5.41, 5.74) is -4.01. The fourth-order valence-corrected chi connectivity index (χ4v) is 3.46. The van der Waals surface area contributed by atoms with Crippen molar-refractivity contribution >= 4 is 10.0 Å². The van der Waals surface area contributed by atoms with E-state index < -0.39 is 44.6 Å². The van der Waals surface area contributed by atoms with E-state index in [4.69, 9.17) is 4.74 Å². The van der Waals surface area contributed by atoms with Gasteiger partial charge in [-0.25, -0.2) is 17.5 Å². The summed E-state index contributed by atoms with van der Waals surface area (Å²) in [7, 11) is -3.47. The van der Waals surface area contributed by atoms with Gasteiger partial charge in [0.15, 0.2) is 5.60 Å². The number of nitrogens with one attached hydrogen (secondary N) is 1. The van der Waals surface area contributed by atoms with Crippen molar-refractivity contribution in [1.29, 1.82) is 0 Å². The third-order valence-corrected chi connectivity index (χ3v) is 5.08. The molecule has 10 heteroatoms. The Bertz CT molecular complexity index is 872. The highest BCUT2D eigenvalue weighted by Gasteiger charge is 2.55. The van der Waals surface area contributed by atoms with Crippen molar-refractivity contribution in [2.45, 2.75) is 16.7 Å². The predicted molar refractivity (Wildman–Crippen MR) is 84.5 cm³/mol. The van der Waals surface area contributed by atoms with Crippen molar-refractivity contribution in [3.05, 3.63) is 59.9 Å². The van der Waals surface area contributed by atoms with Crippen LogP contribution in [0.3, 0.4) is 0 Å². The summed E-state index contributed by atoms with van der Waals surface area (Å²) in [6.07, 6.45) is -5.16. The summed E-state index contributed by atoms with van der Waals surface area (Å²) in [6.45, 7) is -1.40. The van der Waals surface area contributed by atoms with Crippen molar-refractivity contribution in [2.24, 2.45) is 0 Å². The number of ether oxygens (including phenoxy) is 1. The summed E-state index contributed by atoms with van der Waals surface area (Å²) < 4.78 is 84.7. The highest BCUT2D eigenvalue weighted by molar-refractivity contribution is 7.89. The zero-order valence-corrected chi connectivity index (χ0v) is 14.2. The second-order valence-corrected chi connectivity index (χ2v) is 7.08. The number of aliphatic hydroxyl groups is 1. The van der Waals surface area contributed by atoms with Gasteiger partial charge >= 0.3 is 6.18 Å². The van der Waals surface area contributed by atoms with E-state index in [9.17, 15) is 31.1 Å². The second kappa shape index (κ2) is 7.22. The predicted octanol–water partition coefficient (Wildman–Crippen LogP) is 2.56. The molecular formula is C16H15F4NO4S. The molecule has 0 saturated heterocycles. The molecule has 0 aliphatic heterocycles. The molecule has 2 aromatic carbocycles. The van der Waals surface area contributed by atoms with Crippen molar-refractivity contribution in [3.63, 3.8) is 0 Å². The van der Waals surface area contributed by atoms with Gasteiger partial charge in [0.05, 0.1) is 13.7 Å². The first-order valence-electron chi connectivity index (χ1n) is 7.19. The lowest BCUT2D eigenvalue weighted by Gasteiger charge is -2.31. The number of alkyl halides is 3. The van der Waals surface area contributed by atoms with Gasteiger partial charge in [0.2, 0.25) is 10.0 Å². The Morgan fingerprint density at radius 2 is 1.73 bits per heavy atom. The maximum atomic E-state index is 13.4. The van der Waals surface area contributed by atoms with Crippen LogP contribution in [0.2, 0.25) is 0 Å². The molecule has 2 N–H and O–H groups in total. The summed E-state index contributed by atoms with van der Waals surface area (Å²) in [4.78, 5) is -0.683. The molecule has 2 rings (SSSR count). The smallest absolute Gasteiger partial charge is 0.422 e. The van der Waals surface area contributed by atoms with Crippen LogP contribution in [-0.4, -0.2) is 33.4 Å². The Morgan fingerprint density at radius 1 is 1.12 bits per heavy atom. The lowest BCUT2D eigenvalue weighted by molar-refractivity contribution is -0.263. The van der Waals surface area contributed by atoms with Crippen LogP contribution in [0.15, 0.2) is 53.4 Å². The molecule has 5 nitrogen and oxygen atoms in total. The van der Waals surface area contributed by atoms with Crippen LogP contribution in [-0.2, 0) is 15.6 Å². The van der Waals surface area contributed by atoms with E-state index in [1.807, 2.05) is 0 Å². The van der Waals surface area contributed by atoms with Gasteiger partial charge in [0.1, 0.15) is 16.5 Å². The Morgan fingerprint density at radius 3 is 2.27 bits per heavy atom. The second-order valence-electron chi connectivity index (χ2n) is 5.34. The zero-order valence-electron chi connectivity index (χ0n) is 13.4. The Labute approximate surface area is 147 Å². The number of sulfonamides is 1. The average molecular weight is 393 g/mol. The van der Waals surface area contributed by atoms with Gasteiger partial charge in [-0.2, -0.15) is 13.2 Å². The van der Waals surface area contributed by atoms with Gasteiger partial charge in [0, 0.05) is 0 Å². The monoisotopic (exact) mass is 393 g/mol. The average Bonchev–Trinajstić information content (AvgIpc) is 2.59. The maximum absolute atomic E-state index is 13.4. The fourth-order valence-electron chi connectivity index (χ4n) is 2.22. The van der Waals surface area contributed by atoms with Crippen molar-refractivity contribution in [2.75, 3.05) is 13.7 Å². The third-order valence-electron chi connectivity index (χ3n) is 3.65. The molecule has 0 spiro atoms. The van der Waals surface area contributed by atoms with Crippen LogP contribution in [0.1, 0.15) is 5.56 Å². The normalized spacial score (nSPS) is 14.7. The molecule has 0 aliphatic carbocycles. The molecule has 142 valence electrons. The van der Waals surface area contributed by atoms with Crippen LogP contribution in [0.25, 0.3) is 0 Å². The largest absolute Gasteiger partial charge is 0.495 e. The van der Waals surface area contributed by atoms with E-state index in [2.05, 4.69) is 0 Å². The highest BCUT2D eigenvalue weighted by atomic mass is 32.2.